The molecule has 0 aromatic carbocycles. The van der Waals surface area contributed by atoms with Crippen molar-refractivity contribution in [3.05, 3.63) is 0 Å². The van der Waals surface area contributed by atoms with Gasteiger partial charge in [-0.1, -0.05) is 0 Å². The molecule has 1 saturated heterocycles. The first-order valence-electron chi connectivity index (χ1n) is 5.80. The zero-order valence-electron chi connectivity index (χ0n) is 9.59. The molecule has 1 rings (SSSR count). The van der Waals surface area contributed by atoms with Crippen LogP contribution >= 0.6 is 0 Å². The SMILES string of the molecule is CCOCCCNCC1CCN(C)C1. The van der Waals surface area contributed by atoms with Gasteiger partial charge >= 0.3 is 0 Å². The molecule has 14 heavy (non-hydrogen) atoms. The molecule has 0 amide bonds. The number of hydrogen-bond acceptors (Lipinski definition) is 3. The monoisotopic (exact) mass is 200 g/mol. The van der Waals surface area contributed by atoms with Crippen molar-refractivity contribution in [3.63, 3.8) is 0 Å². The minimum Gasteiger partial charge on any atom is -0.382 e. The average Bonchev–Trinajstić information content (AvgIpc) is 2.58. The molecule has 1 N–H and O–H groups in total. The van der Waals surface area contributed by atoms with Gasteiger partial charge < -0.3 is 15.0 Å². The number of likely N-dealkylation sites (tertiary alicyclic amines) is 1. The van der Waals surface area contributed by atoms with Gasteiger partial charge in [-0.3, -0.25) is 0 Å². The van der Waals surface area contributed by atoms with Crippen molar-refractivity contribution in [2.24, 2.45) is 5.92 Å². The Kier molecular flexibility index (Phi) is 6.15. The summed E-state index contributed by atoms with van der Waals surface area (Å²) in [6.45, 7) is 8.59. The second kappa shape index (κ2) is 7.21. The molecule has 1 aliphatic rings. The highest BCUT2D eigenvalue weighted by molar-refractivity contribution is 4.74. The molecule has 0 bridgehead atoms. The number of hydrogen-bond donors (Lipinski definition) is 1. The number of nitrogens with zero attached hydrogens (tertiary/aromatic N) is 1. The lowest BCUT2D eigenvalue weighted by molar-refractivity contribution is 0.144. The van der Waals surface area contributed by atoms with E-state index in [0.29, 0.717) is 0 Å². The van der Waals surface area contributed by atoms with E-state index < -0.39 is 0 Å². The molecule has 1 aliphatic heterocycles. The third kappa shape index (κ3) is 4.94. The Morgan fingerprint density at radius 1 is 1.50 bits per heavy atom. The maximum atomic E-state index is 5.27. The number of rotatable bonds is 7. The fraction of sp³-hybridized carbons (Fsp3) is 1.00. The Bertz CT molecular complexity index is 141. The first-order valence-corrected chi connectivity index (χ1v) is 5.80. The highest BCUT2D eigenvalue weighted by atomic mass is 16.5. The molecule has 0 spiro atoms. The molecular weight excluding hydrogens is 176 g/mol. The summed E-state index contributed by atoms with van der Waals surface area (Å²) >= 11 is 0. The second-order valence-corrected chi connectivity index (χ2v) is 4.17. The quantitative estimate of drug-likeness (QED) is 0.619. The Hall–Kier alpha value is -0.120. The summed E-state index contributed by atoms with van der Waals surface area (Å²) in [5, 5.41) is 3.50. The Labute approximate surface area is 87.8 Å². The van der Waals surface area contributed by atoms with Crippen LogP contribution in [-0.2, 0) is 4.74 Å². The van der Waals surface area contributed by atoms with E-state index in [0.717, 1.165) is 32.1 Å². The molecule has 0 aromatic heterocycles. The van der Waals surface area contributed by atoms with Gasteiger partial charge in [0, 0.05) is 19.8 Å². The van der Waals surface area contributed by atoms with Crippen LogP contribution in [0.2, 0.25) is 0 Å². The third-order valence-corrected chi connectivity index (χ3v) is 2.77. The molecule has 1 unspecified atom stereocenters. The van der Waals surface area contributed by atoms with Gasteiger partial charge in [0.05, 0.1) is 0 Å². The molecule has 0 radical (unpaired) electrons. The van der Waals surface area contributed by atoms with Crippen molar-refractivity contribution in [2.75, 3.05) is 46.4 Å². The molecule has 1 fully saturated rings. The summed E-state index contributed by atoms with van der Waals surface area (Å²) in [6, 6.07) is 0. The van der Waals surface area contributed by atoms with Gasteiger partial charge in [-0.15, -0.1) is 0 Å². The van der Waals surface area contributed by atoms with Gasteiger partial charge in [0.15, 0.2) is 0 Å². The molecule has 0 saturated carbocycles. The Balaban J connectivity index is 1.84. The first-order chi connectivity index (χ1) is 6.83. The van der Waals surface area contributed by atoms with Crippen LogP contribution < -0.4 is 5.32 Å². The molecule has 1 heterocycles. The Morgan fingerprint density at radius 2 is 2.36 bits per heavy atom. The molecular formula is C11H24N2O. The lowest BCUT2D eigenvalue weighted by atomic mass is 10.1. The van der Waals surface area contributed by atoms with Crippen molar-refractivity contribution in [1.29, 1.82) is 0 Å². The third-order valence-electron chi connectivity index (χ3n) is 2.77. The van der Waals surface area contributed by atoms with E-state index in [-0.39, 0.29) is 0 Å². The van der Waals surface area contributed by atoms with Crippen molar-refractivity contribution in [1.82, 2.24) is 10.2 Å². The highest BCUT2D eigenvalue weighted by Gasteiger charge is 2.18. The van der Waals surface area contributed by atoms with Gasteiger partial charge in [-0.25, -0.2) is 0 Å². The summed E-state index contributed by atoms with van der Waals surface area (Å²) < 4.78 is 5.27. The lowest BCUT2D eigenvalue weighted by Crippen LogP contribution is -2.26. The van der Waals surface area contributed by atoms with Crippen LogP contribution in [-0.4, -0.2) is 51.3 Å². The van der Waals surface area contributed by atoms with E-state index in [4.69, 9.17) is 4.74 Å². The largest absolute Gasteiger partial charge is 0.382 e. The van der Waals surface area contributed by atoms with Gasteiger partial charge in [0.25, 0.3) is 0 Å². The molecule has 1 atom stereocenters. The lowest BCUT2D eigenvalue weighted by Gasteiger charge is -2.11. The average molecular weight is 200 g/mol. The number of ether oxygens (including phenoxy) is 1. The summed E-state index contributed by atoms with van der Waals surface area (Å²) in [5.74, 6) is 0.868. The summed E-state index contributed by atoms with van der Waals surface area (Å²) in [5.41, 5.74) is 0. The summed E-state index contributed by atoms with van der Waals surface area (Å²) in [4.78, 5) is 2.41. The van der Waals surface area contributed by atoms with Crippen LogP contribution in [0.3, 0.4) is 0 Å². The zero-order chi connectivity index (χ0) is 10.2. The van der Waals surface area contributed by atoms with Crippen molar-refractivity contribution in [2.45, 2.75) is 19.8 Å². The van der Waals surface area contributed by atoms with Crippen LogP contribution in [0.5, 0.6) is 0 Å². The fourth-order valence-electron chi connectivity index (χ4n) is 1.94. The van der Waals surface area contributed by atoms with E-state index in [1.807, 2.05) is 6.92 Å². The van der Waals surface area contributed by atoms with Gasteiger partial charge in [-0.05, 0) is 52.4 Å². The zero-order valence-corrected chi connectivity index (χ0v) is 9.59. The topological polar surface area (TPSA) is 24.5 Å². The van der Waals surface area contributed by atoms with Crippen LogP contribution in [0, 0.1) is 5.92 Å². The van der Waals surface area contributed by atoms with Gasteiger partial charge in [0.1, 0.15) is 0 Å². The fourth-order valence-corrected chi connectivity index (χ4v) is 1.94. The van der Waals surface area contributed by atoms with E-state index >= 15 is 0 Å². The second-order valence-electron chi connectivity index (χ2n) is 4.17. The van der Waals surface area contributed by atoms with E-state index in [9.17, 15) is 0 Å². The van der Waals surface area contributed by atoms with E-state index in [2.05, 4.69) is 17.3 Å². The molecule has 0 aromatic rings. The van der Waals surface area contributed by atoms with Gasteiger partial charge in [-0.2, -0.15) is 0 Å². The van der Waals surface area contributed by atoms with Crippen LogP contribution in [0.25, 0.3) is 0 Å². The minimum atomic E-state index is 0.841. The Morgan fingerprint density at radius 3 is 3.00 bits per heavy atom. The van der Waals surface area contributed by atoms with Crippen molar-refractivity contribution in [3.8, 4) is 0 Å². The predicted octanol–water partition coefficient (Wildman–Crippen LogP) is 0.954. The smallest absolute Gasteiger partial charge is 0.0477 e. The van der Waals surface area contributed by atoms with E-state index in [1.54, 1.807) is 0 Å². The standard InChI is InChI=1S/C11H24N2O/c1-3-14-8-4-6-12-9-11-5-7-13(2)10-11/h11-12H,3-10H2,1-2H3. The predicted molar refractivity (Wildman–Crippen MR) is 59.6 cm³/mol. The van der Waals surface area contributed by atoms with E-state index in [1.165, 1.54) is 26.1 Å². The molecule has 3 heteroatoms. The summed E-state index contributed by atoms with van der Waals surface area (Å²) in [7, 11) is 2.20. The van der Waals surface area contributed by atoms with Gasteiger partial charge in [0.2, 0.25) is 0 Å². The molecule has 84 valence electrons. The summed E-state index contributed by atoms with van der Waals surface area (Å²) in [6.07, 6.45) is 2.49. The highest BCUT2D eigenvalue weighted by Crippen LogP contribution is 2.12. The van der Waals surface area contributed by atoms with Crippen LogP contribution in [0.15, 0.2) is 0 Å². The first kappa shape index (κ1) is 12.0. The maximum Gasteiger partial charge on any atom is 0.0477 e. The van der Waals surface area contributed by atoms with Crippen molar-refractivity contribution < 1.29 is 4.74 Å². The molecule has 3 nitrogen and oxygen atoms in total. The number of nitrogens with one attached hydrogen (secondary N) is 1. The molecule has 0 aliphatic carbocycles. The minimum absolute atomic E-state index is 0.841. The van der Waals surface area contributed by atoms with Crippen LogP contribution in [0.1, 0.15) is 19.8 Å². The maximum absolute atomic E-state index is 5.27. The normalized spacial score (nSPS) is 23.1. The van der Waals surface area contributed by atoms with Crippen molar-refractivity contribution >= 4 is 0 Å². The van der Waals surface area contributed by atoms with Crippen LogP contribution in [0.4, 0.5) is 0 Å².